The van der Waals surface area contributed by atoms with Crippen LogP contribution in [0.2, 0.25) is 0 Å². The lowest BCUT2D eigenvalue weighted by molar-refractivity contribution is 0.632. The molecule has 0 aliphatic rings. The van der Waals surface area contributed by atoms with E-state index >= 15 is 0 Å². The summed E-state index contributed by atoms with van der Waals surface area (Å²) in [6, 6.07) is 8.67. The Labute approximate surface area is 128 Å². The third kappa shape index (κ3) is 2.72. The number of thioether (sulfide) groups is 1. The minimum Gasteiger partial charge on any atom is -0.329 e. The monoisotopic (exact) mass is 322 g/mol. The van der Waals surface area contributed by atoms with Crippen molar-refractivity contribution in [2.75, 3.05) is 11.6 Å². The second kappa shape index (κ2) is 5.95. The zero-order chi connectivity index (χ0) is 13.9. The van der Waals surface area contributed by atoms with Gasteiger partial charge in [-0.1, -0.05) is 12.1 Å². The highest BCUT2D eigenvalue weighted by atomic mass is 32.2. The lowest BCUT2D eigenvalue weighted by Gasteiger charge is -2.03. The number of aromatic nitrogens is 1. The topological polar surface area (TPSA) is 24.9 Å². The van der Waals surface area contributed by atoms with Crippen LogP contribution < -0.4 is 5.32 Å². The summed E-state index contributed by atoms with van der Waals surface area (Å²) in [5.41, 5.74) is 2.52. The van der Waals surface area contributed by atoms with Gasteiger partial charge in [-0.05, 0) is 29.8 Å². The Bertz CT molecular complexity index is 721. The summed E-state index contributed by atoms with van der Waals surface area (Å²) < 4.78 is 14.8. The van der Waals surface area contributed by atoms with Crippen LogP contribution in [0, 0.1) is 5.82 Å². The van der Waals surface area contributed by atoms with Crippen molar-refractivity contribution in [3.05, 3.63) is 46.9 Å². The first-order valence-corrected chi connectivity index (χ1v) is 8.85. The van der Waals surface area contributed by atoms with Crippen LogP contribution in [0.15, 0.2) is 45.3 Å². The maximum Gasteiger partial charge on any atom is 0.187 e. The minimum absolute atomic E-state index is 0.274. The fourth-order valence-corrected chi connectivity index (χ4v) is 4.07. The summed E-state index contributed by atoms with van der Waals surface area (Å²) in [5.74, 6) is -0.274. The minimum atomic E-state index is -0.274. The van der Waals surface area contributed by atoms with Crippen molar-refractivity contribution < 1.29 is 4.39 Å². The van der Waals surface area contributed by atoms with Crippen molar-refractivity contribution in [2.45, 2.75) is 4.21 Å². The fraction of sp³-hybridized carbons (Fsp3) is 0.0714. The molecule has 0 atom stereocenters. The summed E-state index contributed by atoms with van der Waals surface area (Å²) in [5, 5.41) is 7.77. The van der Waals surface area contributed by atoms with E-state index < -0.39 is 0 Å². The lowest BCUT2D eigenvalue weighted by atomic mass is 10.3. The summed E-state index contributed by atoms with van der Waals surface area (Å²) in [6.45, 7) is 0. The zero-order valence-corrected chi connectivity index (χ0v) is 13.0. The Morgan fingerprint density at radius 2 is 2.05 bits per heavy atom. The van der Waals surface area contributed by atoms with E-state index in [4.69, 9.17) is 0 Å². The van der Waals surface area contributed by atoms with Crippen molar-refractivity contribution in [1.29, 1.82) is 0 Å². The van der Waals surface area contributed by atoms with Crippen LogP contribution >= 0.6 is 34.4 Å². The Morgan fingerprint density at radius 3 is 2.85 bits per heavy atom. The first-order valence-electron chi connectivity index (χ1n) is 5.87. The molecule has 3 aromatic rings. The number of nitrogens with one attached hydrogen (secondary N) is 1. The van der Waals surface area contributed by atoms with Crippen LogP contribution in [0.4, 0.5) is 15.2 Å². The van der Waals surface area contributed by atoms with E-state index in [0.717, 1.165) is 11.3 Å². The molecule has 0 radical (unpaired) electrons. The van der Waals surface area contributed by atoms with E-state index in [0.29, 0.717) is 10.8 Å². The molecule has 0 saturated heterocycles. The van der Waals surface area contributed by atoms with Crippen LogP contribution in [-0.4, -0.2) is 11.2 Å². The highest BCUT2D eigenvalue weighted by Crippen LogP contribution is 2.36. The Hall–Kier alpha value is -1.37. The quantitative estimate of drug-likeness (QED) is 0.644. The molecular weight excluding hydrogens is 311 g/mol. The van der Waals surface area contributed by atoms with Gasteiger partial charge in [0.25, 0.3) is 0 Å². The predicted octanol–water partition coefficient (Wildman–Crippen LogP) is 5.48. The molecule has 102 valence electrons. The largest absolute Gasteiger partial charge is 0.329 e. The first-order chi connectivity index (χ1) is 9.78. The van der Waals surface area contributed by atoms with E-state index in [1.54, 1.807) is 41.3 Å². The smallest absolute Gasteiger partial charge is 0.187 e. The summed E-state index contributed by atoms with van der Waals surface area (Å²) in [4.78, 5) is 4.53. The highest BCUT2D eigenvalue weighted by Gasteiger charge is 2.11. The molecule has 6 heteroatoms. The van der Waals surface area contributed by atoms with Gasteiger partial charge in [-0.25, -0.2) is 9.37 Å². The van der Waals surface area contributed by atoms with Gasteiger partial charge < -0.3 is 5.32 Å². The third-order valence-electron chi connectivity index (χ3n) is 2.71. The molecule has 0 amide bonds. The van der Waals surface area contributed by atoms with Gasteiger partial charge in [-0.3, -0.25) is 0 Å². The van der Waals surface area contributed by atoms with E-state index in [1.165, 1.54) is 21.6 Å². The average Bonchev–Trinajstić information content (AvgIpc) is 3.09. The molecule has 0 saturated carbocycles. The second-order valence-corrected chi connectivity index (χ2v) is 6.82. The number of benzene rings is 1. The van der Waals surface area contributed by atoms with Crippen molar-refractivity contribution >= 4 is 45.3 Å². The van der Waals surface area contributed by atoms with E-state index in [-0.39, 0.29) is 5.82 Å². The normalized spacial score (nSPS) is 10.7. The highest BCUT2D eigenvalue weighted by molar-refractivity contribution is 8.00. The number of thiazole rings is 1. The Morgan fingerprint density at radius 1 is 1.20 bits per heavy atom. The van der Waals surface area contributed by atoms with Crippen LogP contribution in [0.25, 0.3) is 11.3 Å². The molecule has 1 N–H and O–H groups in total. The van der Waals surface area contributed by atoms with E-state index in [9.17, 15) is 4.39 Å². The van der Waals surface area contributed by atoms with Gasteiger partial charge in [0.15, 0.2) is 5.13 Å². The van der Waals surface area contributed by atoms with Crippen LogP contribution in [-0.2, 0) is 0 Å². The summed E-state index contributed by atoms with van der Waals surface area (Å²) in [7, 11) is 0. The molecule has 0 aliphatic carbocycles. The number of hydrogen-bond donors (Lipinski definition) is 1. The molecule has 0 spiro atoms. The molecule has 0 fully saturated rings. The Kier molecular flexibility index (Phi) is 4.05. The number of hydrogen-bond acceptors (Lipinski definition) is 5. The zero-order valence-electron chi connectivity index (χ0n) is 10.6. The van der Waals surface area contributed by atoms with Gasteiger partial charge in [0.05, 0.1) is 15.6 Å². The third-order valence-corrected chi connectivity index (χ3v) is 5.55. The molecule has 20 heavy (non-hydrogen) atoms. The van der Waals surface area contributed by atoms with Crippen LogP contribution in [0.3, 0.4) is 0 Å². The second-order valence-electron chi connectivity index (χ2n) is 3.97. The van der Waals surface area contributed by atoms with Gasteiger partial charge in [-0.15, -0.1) is 34.4 Å². The molecule has 2 heterocycles. The van der Waals surface area contributed by atoms with E-state index in [1.807, 2.05) is 5.38 Å². The number of nitrogens with zero attached hydrogens (tertiary/aromatic N) is 1. The SMILES string of the molecule is CSc1sccc1-c1csc(Nc2ccccc2F)n1. The molecule has 0 unspecified atom stereocenters. The number of thiophene rings is 1. The molecule has 0 aliphatic heterocycles. The van der Waals surface area contributed by atoms with Crippen molar-refractivity contribution in [3.8, 4) is 11.3 Å². The van der Waals surface area contributed by atoms with Gasteiger partial charge in [0.2, 0.25) is 0 Å². The standard InChI is InChI=1S/C14H11FN2S3/c1-18-13-9(6-7-19-13)12-8-20-14(17-12)16-11-5-3-2-4-10(11)15/h2-8H,1H3,(H,16,17). The summed E-state index contributed by atoms with van der Waals surface area (Å²) in [6.07, 6.45) is 2.06. The van der Waals surface area contributed by atoms with Gasteiger partial charge in [0.1, 0.15) is 5.82 Å². The van der Waals surface area contributed by atoms with Crippen molar-refractivity contribution in [1.82, 2.24) is 4.98 Å². The lowest BCUT2D eigenvalue weighted by Crippen LogP contribution is -1.92. The van der Waals surface area contributed by atoms with Gasteiger partial charge in [-0.2, -0.15) is 0 Å². The maximum atomic E-state index is 13.6. The summed E-state index contributed by atoms with van der Waals surface area (Å²) >= 11 is 4.90. The molecule has 1 aromatic carbocycles. The molecule has 3 rings (SSSR count). The number of para-hydroxylation sites is 1. The molecular formula is C14H11FN2S3. The van der Waals surface area contributed by atoms with Crippen molar-refractivity contribution in [3.63, 3.8) is 0 Å². The number of rotatable bonds is 4. The van der Waals surface area contributed by atoms with E-state index in [2.05, 4.69) is 28.0 Å². The van der Waals surface area contributed by atoms with Gasteiger partial charge >= 0.3 is 0 Å². The Balaban J connectivity index is 1.86. The average molecular weight is 322 g/mol. The predicted molar refractivity (Wildman–Crippen MR) is 86.9 cm³/mol. The van der Waals surface area contributed by atoms with Crippen molar-refractivity contribution in [2.24, 2.45) is 0 Å². The maximum absolute atomic E-state index is 13.6. The molecule has 2 nitrogen and oxygen atoms in total. The number of halogens is 1. The van der Waals surface area contributed by atoms with Gasteiger partial charge in [0, 0.05) is 10.9 Å². The molecule has 0 bridgehead atoms. The fourth-order valence-electron chi connectivity index (χ4n) is 1.78. The molecule has 2 aromatic heterocycles. The van der Waals surface area contributed by atoms with Crippen LogP contribution in [0.1, 0.15) is 0 Å². The first kappa shape index (κ1) is 13.6. The van der Waals surface area contributed by atoms with Crippen LogP contribution in [0.5, 0.6) is 0 Å². The number of anilines is 2.